The third kappa shape index (κ3) is 2.78. The van der Waals surface area contributed by atoms with Crippen LogP contribution in [0.2, 0.25) is 0 Å². The van der Waals surface area contributed by atoms with Gasteiger partial charge in [0, 0.05) is 6.04 Å². The molecule has 2 fully saturated rings. The van der Waals surface area contributed by atoms with Crippen LogP contribution in [-0.2, 0) is 0 Å². The normalized spacial score (nSPS) is 34.3. The summed E-state index contributed by atoms with van der Waals surface area (Å²) < 4.78 is 0. The van der Waals surface area contributed by atoms with E-state index < -0.39 is 5.60 Å². The summed E-state index contributed by atoms with van der Waals surface area (Å²) in [6, 6.07) is 0.353. The Morgan fingerprint density at radius 2 is 1.69 bits per heavy atom. The maximum absolute atomic E-state index is 10.8. The van der Waals surface area contributed by atoms with Crippen LogP contribution < -0.4 is 5.32 Å². The van der Waals surface area contributed by atoms with E-state index in [9.17, 15) is 5.11 Å². The highest BCUT2D eigenvalue weighted by molar-refractivity contribution is 4.97. The fraction of sp³-hybridized carbons (Fsp3) is 1.00. The van der Waals surface area contributed by atoms with Crippen LogP contribution in [-0.4, -0.2) is 23.3 Å². The largest absolute Gasteiger partial charge is 0.388 e. The Balaban J connectivity index is 1.96. The minimum Gasteiger partial charge on any atom is -0.388 e. The number of nitrogens with one attached hydrogen (secondary N) is 1. The second-order valence-electron chi connectivity index (χ2n) is 6.62. The molecule has 2 heteroatoms. The van der Waals surface area contributed by atoms with Crippen LogP contribution in [0.1, 0.15) is 65.2 Å². The molecule has 0 amide bonds. The molecule has 0 radical (unpaired) electrons. The Kier molecular flexibility index (Phi) is 3.60. The lowest BCUT2D eigenvalue weighted by atomic mass is 9.68. The van der Waals surface area contributed by atoms with Gasteiger partial charge in [-0.2, -0.15) is 0 Å². The predicted octanol–water partition coefficient (Wildman–Crippen LogP) is 2.85. The minimum atomic E-state index is -0.417. The summed E-state index contributed by atoms with van der Waals surface area (Å²) in [4.78, 5) is 0. The first kappa shape index (κ1) is 12.4. The summed E-state index contributed by atoms with van der Waals surface area (Å²) >= 11 is 0. The van der Waals surface area contributed by atoms with Crippen molar-refractivity contribution in [2.24, 2.45) is 5.41 Å². The van der Waals surface area contributed by atoms with Gasteiger partial charge in [0.25, 0.3) is 0 Å². The second kappa shape index (κ2) is 4.66. The molecule has 1 aliphatic heterocycles. The molecular weight excluding hydrogens is 198 g/mol. The summed E-state index contributed by atoms with van der Waals surface area (Å²) in [6.45, 7) is 5.75. The second-order valence-corrected chi connectivity index (χ2v) is 6.62. The molecule has 1 saturated carbocycles. The highest BCUT2D eigenvalue weighted by Gasteiger charge is 2.42. The van der Waals surface area contributed by atoms with Gasteiger partial charge in [-0.1, -0.05) is 26.7 Å². The lowest BCUT2D eigenvalue weighted by Gasteiger charge is -2.44. The molecule has 2 rings (SSSR count). The molecule has 2 aliphatic rings. The maximum Gasteiger partial charge on any atom is 0.0800 e. The number of hydrogen-bond donors (Lipinski definition) is 2. The van der Waals surface area contributed by atoms with Crippen LogP contribution in [0.25, 0.3) is 0 Å². The van der Waals surface area contributed by atoms with Crippen LogP contribution in [0.3, 0.4) is 0 Å². The van der Waals surface area contributed by atoms with E-state index in [0.717, 1.165) is 25.8 Å². The lowest BCUT2D eigenvalue weighted by molar-refractivity contribution is -0.0554. The molecule has 0 aromatic heterocycles. The Morgan fingerprint density at radius 3 is 2.38 bits per heavy atom. The van der Waals surface area contributed by atoms with E-state index >= 15 is 0 Å². The van der Waals surface area contributed by atoms with Gasteiger partial charge in [-0.05, 0) is 50.5 Å². The summed E-state index contributed by atoms with van der Waals surface area (Å²) in [6.07, 6.45) is 9.35. The van der Waals surface area contributed by atoms with Gasteiger partial charge in [0.1, 0.15) is 0 Å². The molecular formula is C14H27NO. The monoisotopic (exact) mass is 225 g/mol. The van der Waals surface area contributed by atoms with Crippen molar-refractivity contribution in [3.05, 3.63) is 0 Å². The van der Waals surface area contributed by atoms with E-state index in [-0.39, 0.29) is 0 Å². The zero-order valence-electron chi connectivity index (χ0n) is 10.9. The average Bonchev–Trinajstić information content (AvgIpc) is 2.52. The van der Waals surface area contributed by atoms with E-state index in [1.165, 1.54) is 32.1 Å². The Morgan fingerprint density at radius 1 is 1.00 bits per heavy atom. The molecule has 0 aromatic carbocycles. The third-order valence-corrected chi connectivity index (χ3v) is 4.68. The first-order valence-electron chi connectivity index (χ1n) is 6.98. The molecule has 0 bridgehead atoms. The van der Waals surface area contributed by atoms with E-state index in [1.54, 1.807) is 0 Å². The minimum absolute atomic E-state index is 0.353. The molecule has 0 spiro atoms. The topological polar surface area (TPSA) is 32.3 Å². The summed E-state index contributed by atoms with van der Waals surface area (Å²) in [5, 5.41) is 14.4. The molecule has 2 N–H and O–H groups in total. The molecule has 2 nitrogen and oxygen atoms in total. The zero-order valence-corrected chi connectivity index (χ0v) is 10.9. The fourth-order valence-corrected chi connectivity index (χ4v) is 3.20. The summed E-state index contributed by atoms with van der Waals surface area (Å²) in [5.41, 5.74) is 0.0246. The van der Waals surface area contributed by atoms with Gasteiger partial charge in [0.2, 0.25) is 0 Å². The standard InChI is InChI=1S/C14H27NO/c1-13(2)7-9-14(16,10-8-13)12-6-4-3-5-11-15-12/h12,15-16H,3-11H2,1-2H3. The Hall–Kier alpha value is -0.0800. The smallest absolute Gasteiger partial charge is 0.0800 e. The van der Waals surface area contributed by atoms with Crippen LogP contribution in [0.5, 0.6) is 0 Å². The van der Waals surface area contributed by atoms with E-state index in [4.69, 9.17) is 0 Å². The van der Waals surface area contributed by atoms with Gasteiger partial charge in [0.05, 0.1) is 5.60 Å². The average molecular weight is 225 g/mol. The van der Waals surface area contributed by atoms with E-state index in [1.807, 2.05) is 0 Å². The fourth-order valence-electron chi connectivity index (χ4n) is 3.20. The molecule has 94 valence electrons. The van der Waals surface area contributed by atoms with E-state index in [0.29, 0.717) is 11.5 Å². The Labute approximate surface area is 99.8 Å². The van der Waals surface area contributed by atoms with Gasteiger partial charge in [-0.25, -0.2) is 0 Å². The number of rotatable bonds is 1. The molecule has 1 heterocycles. The quantitative estimate of drug-likeness (QED) is 0.719. The van der Waals surface area contributed by atoms with Gasteiger partial charge < -0.3 is 10.4 Å². The molecule has 1 unspecified atom stereocenters. The van der Waals surface area contributed by atoms with Crippen molar-refractivity contribution in [2.45, 2.75) is 76.9 Å². The molecule has 1 atom stereocenters. The van der Waals surface area contributed by atoms with Crippen molar-refractivity contribution < 1.29 is 5.11 Å². The van der Waals surface area contributed by atoms with Gasteiger partial charge in [-0.15, -0.1) is 0 Å². The molecule has 0 aromatic rings. The van der Waals surface area contributed by atoms with Gasteiger partial charge in [-0.3, -0.25) is 0 Å². The van der Waals surface area contributed by atoms with Crippen molar-refractivity contribution >= 4 is 0 Å². The van der Waals surface area contributed by atoms with Crippen LogP contribution >= 0.6 is 0 Å². The predicted molar refractivity (Wildman–Crippen MR) is 67.5 cm³/mol. The molecule has 1 aliphatic carbocycles. The SMILES string of the molecule is CC1(C)CCC(O)(C2CCCCCN2)CC1. The first-order valence-corrected chi connectivity index (χ1v) is 6.98. The van der Waals surface area contributed by atoms with Gasteiger partial charge in [0.15, 0.2) is 0 Å². The maximum atomic E-state index is 10.8. The summed E-state index contributed by atoms with van der Waals surface area (Å²) in [7, 11) is 0. The number of aliphatic hydroxyl groups is 1. The molecule has 16 heavy (non-hydrogen) atoms. The van der Waals surface area contributed by atoms with Crippen molar-refractivity contribution in [1.29, 1.82) is 0 Å². The van der Waals surface area contributed by atoms with Crippen LogP contribution in [0.15, 0.2) is 0 Å². The number of hydrogen-bond acceptors (Lipinski definition) is 2. The van der Waals surface area contributed by atoms with Crippen molar-refractivity contribution in [3.8, 4) is 0 Å². The lowest BCUT2D eigenvalue weighted by Crippen LogP contribution is -2.53. The van der Waals surface area contributed by atoms with Crippen molar-refractivity contribution in [2.75, 3.05) is 6.54 Å². The Bertz CT molecular complexity index is 219. The van der Waals surface area contributed by atoms with Gasteiger partial charge >= 0.3 is 0 Å². The van der Waals surface area contributed by atoms with Crippen LogP contribution in [0, 0.1) is 5.41 Å². The van der Waals surface area contributed by atoms with Crippen molar-refractivity contribution in [1.82, 2.24) is 5.32 Å². The molecule has 1 saturated heterocycles. The first-order chi connectivity index (χ1) is 7.52. The zero-order chi connectivity index (χ0) is 11.6. The highest BCUT2D eigenvalue weighted by Crippen LogP contribution is 2.42. The summed E-state index contributed by atoms with van der Waals surface area (Å²) in [5.74, 6) is 0. The highest BCUT2D eigenvalue weighted by atomic mass is 16.3. The third-order valence-electron chi connectivity index (χ3n) is 4.68. The van der Waals surface area contributed by atoms with E-state index in [2.05, 4.69) is 19.2 Å². The van der Waals surface area contributed by atoms with Crippen LogP contribution in [0.4, 0.5) is 0 Å². The van der Waals surface area contributed by atoms with Crippen molar-refractivity contribution in [3.63, 3.8) is 0 Å².